The third-order valence-electron chi connectivity index (χ3n) is 4.76. The third-order valence-corrected chi connectivity index (χ3v) is 5.06. The summed E-state index contributed by atoms with van der Waals surface area (Å²) in [5.41, 5.74) is 5.53. The summed E-state index contributed by atoms with van der Waals surface area (Å²) in [6.07, 6.45) is 2.31. The first-order valence-corrected chi connectivity index (χ1v) is 9.36. The molecule has 1 N–H and O–H groups in total. The first-order chi connectivity index (χ1) is 14.1. The summed E-state index contributed by atoms with van der Waals surface area (Å²) in [6.45, 7) is 2.25. The molecule has 6 heteroatoms. The minimum atomic E-state index is -0.170. The van der Waals surface area contributed by atoms with Crippen molar-refractivity contribution in [2.24, 2.45) is 0 Å². The van der Waals surface area contributed by atoms with Crippen molar-refractivity contribution < 1.29 is 14.6 Å². The minimum absolute atomic E-state index is 0.121. The Hall–Kier alpha value is -3.44. The summed E-state index contributed by atoms with van der Waals surface area (Å²) in [5, 5.41) is 10.1. The van der Waals surface area contributed by atoms with Crippen molar-refractivity contribution in [1.82, 2.24) is 9.97 Å². The molecule has 0 spiro atoms. The molecular weight excluding hydrogens is 388 g/mol. The van der Waals surface area contributed by atoms with Crippen molar-refractivity contribution in [1.29, 1.82) is 0 Å². The second-order valence-corrected chi connectivity index (χ2v) is 6.99. The molecule has 0 amide bonds. The minimum Gasteiger partial charge on any atom is -0.507 e. The van der Waals surface area contributed by atoms with E-state index in [2.05, 4.69) is 4.98 Å². The molecule has 0 radical (unpaired) electrons. The van der Waals surface area contributed by atoms with Gasteiger partial charge in [0, 0.05) is 11.6 Å². The van der Waals surface area contributed by atoms with Crippen molar-refractivity contribution in [3.05, 3.63) is 82.5 Å². The molecule has 0 bridgehead atoms. The zero-order valence-corrected chi connectivity index (χ0v) is 16.3. The smallest absolute Gasteiger partial charge is 0.153 e. The number of para-hydroxylation sites is 2. The van der Waals surface area contributed by atoms with Gasteiger partial charge in [-0.3, -0.25) is 9.78 Å². The summed E-state index contributed by atoms with van der Waals surface area (Å²) in [7, 11) is 0. The maximum absolute atomic E-state index is 10.9. The van der Waals surface area contributed by atoms with E-state index in [0.717, 1.165) is 33.4 Å². The van der Waals surface area contributed by atoms with Crippen LogP contribution in [-0.2, 0) is 6.61 Å². The molecule has 0 fully saturated rings. The molecule has 29 heavy (non-hydrogen) atoms. The quantitative estimate of drug-likeness (QED) is 0.453. The van der Waals surface area contributed by atoms with Gasteiger partial charge in [0.15, 0.2) is 6.29 Å². The van der Waals surface area contributed by atoms with E-state index in [-0.39, 0.29) is 22.9 Å². The van der Waals surface area contributed by atoms with Gasteiger partial charge >= 0.3 is 0 Å². The largest absolute Gasteiger partial charge is 0.507 e. The Morgan fingerprint density at radius 3 is 2.69 bits per heavy atom. The lowest BCUT2D eigenvalue weighted by Crippen LogP contribution is -2.01. The van der Waals surface area contributed by atoms with Crippen LogP contribution in [0.5, 0.6) is 11.5 Å². The molecule has 0 aliphatic heterocycles. The molecule has 0 aliphatic carbocycles. The number of ether oxygens (including phenoxy) is 1. The number of aromatic hydroxyl groups is 1. The molecule has 0 saturated heterocycles. The Bertz CT molecular complexity index is 1220. The highest BCUT2D eigenvalue weighted by Gasteiger charge is 2.12. The maximum Gasteiger partial charge on any atom is 0.153 e. The summed E-state index contributed by atoms with van der Waals surface area (Å²) in [6, 6.07) is 16.4. The van der Waals surface area contributed by atoms with E-state index in [1.54, 1.807) is 6.20 Å². The molecule has 3 aromatic carbocycles. The Labute approximate surface area is 172 Å². The van der Waals surface area contributed by atoms with E-state index in [1.807, 2.05) is 49.4 Å². The standard InChI is InChI=1S/C23H17ClN2O3/c1-14-15(13-29-23-10-22(28)16(12-27)9-18(23)24)5-4-6-17(14)21-11-25-19-7-2-3-8-20(19)26-21/h2-12,28H,13H2,1H3. The molecule has 0 atom stereocenters. The fourth-order valence-electron chi connectivity index (χ4n) is 3.12. The molecule has 144 valence electrons. The van der Waals surface area contributed by atoms with Crippen molar-refractivity contribution in [3.8, 4) is 22.8 Å². The van der Waals surface area contributed by atoms with E-state index in [0.29, 0.717) is 12.0 Å². The van der Waals surface area contributed by atoms with E-state index in [9.17, 15) is 9.90 Å². The molecule has 5 nitrogen and oxygen atoms in total. The second kappa shape index (κ2) is 7.89. The number of benzene rings is 3. The third kappa shape index (κ3) is 3.77. The molecule has 0 unspecified atom stereocenters. The highest BCUT2D eigenvalue weighted by atomic mass is 35.5. The van der Waals surface area contributed by atoms with E-state index in [4.69, 9.17) is 21.3 Å². The number of phenolic OH excluding ortho intramolecular Hbond substituents is 1. The normalized spacial score (nSPS) is 10.8. The summed E-state index contributed by atoms with van der Waals surface area (Å²) < 4.78 is 5.80. The average molecular weight is 405 g/mol. The predicted molar refractivity (Wildman–Crippen MR) is 113 cm³/mol. The second-order valence-electron chi connectivity index (χ2n) is 6.58. The summed E-state index contributed by atoms with van der Waals surface area (Å²) >= 11 is 6.16. The Kier molecular flexibility index (Phi) is 5.14. The van der Waals surface area contributed by atoms with Crippen LogP contribution in [0.2, 0.25) is 5.02 Å². The summed E-state index contributed by atoms with van der Waals surface area (Å²) in [4.78, 5) is 20.1. The fraction of sp³-hybridized carbons (Fsp3) is 0.0870. The van der Waals surface area contributed by atoms with Crippen molar-refractivity contribution in [3.63, 3.8) is 0 Å². The van der Waals surface area contributed by atoms with Crippen LogP contribution in [0.25, 0.3) is 22.3 Å². The van der Waals surface area contributed by atoms with Crippen LogP contribution >= 0.6 is 11.6 Å². The summed E-state index contributed by atoms with van der Waals surface area (Å²) in [5.74, 6) is 0.140. The molecule has 0 aliphatic rings. The van der Waals surface area contributed by atoms with Crippen molar-refractivity contribution in [2.75, 3.05) is 0 Å². The average Bonchev–Trinajstić information content (AvgIpc) is 2.74. The molecule has 1 aromatic heterocycles. The predicted octanol–water partition coefficient (Wildman–Crippen LogP) is 5.36. The number of aldehydes is 1. The van der Waals surface area contributed by atoms with Gasteiger partial charge in [-0.2, -0.15) is 0 Å². The number of rotatable bonds is 5. The molecule has 1 heterocycles. The van der Waals surface area contributed by atoms with Gasteiger partial charge in [-0.25, -0.2) is 4.98 Å². The molecule has 4 rings (SSSR count). The monoisotopic (exact) mass is 404 g/mol. The number of carbonyl (C=O) groups is 1. The van der Waals surface area contributed by atoms with E-state index in [1.165, 1.54) is 12.1 Å². The Morgan fingerprint density at radius 2 is 1.90 bits per heavy atom. The first-order valence-electron chi connectivity index (χ1n) is 8.98. The SMILES string of the molecule is Cc1c(COc2cc(O)c(C=O)cc2Cl)cccc1-c1cnc2ccccc2n1. The van der Waals surface area contributed by atoms with Gasteiger partial charge in [-0.05, 0) is 36.2 Å². The lowest BCUT2D eigenvalue weighted by molar-refractivity contribution is 0.112. The zero-order valence-electron chi connectivity index (χ0n) is 15.6. The van der Waals surface area contributed by atoms with Gasteiger partial charge in [0.1, 0.15) is 18.1 Å². The molecule has 4 aromatic rings. The number of aromatic nitrogens is 2. The zero-order chi connectivity index (χ0) is 20.4. The number of halogens is 1. The fourth-order valence-corrected chi connectivity index (χ4v) is 3.35. The highest BCUT2D eigenvalue weighted by molar-refractivity contribution is 6.32. The van der Waals surface area contributed by atoms with Crippen LogP contribution in [-0.4, -0.2) is 21.4 Å². The van der Waals surface area contributed by atoms with E-state index >= 15 is 0 Å². The van der Waals surface area contributed by atoms with Crippen LogP contribution < -0.4 is 4.74 Å². The topological polar surface area (TPSA) is 72.3 Å². The van der Waals surface area contributed by atoms with Gasteiger partial charge in [0.25, 0.3) is 0 Å². The van der Waals surface area contributed by atoms with Crippen molar-refractivity contribution >= 4 is 28.9 Å². The van der Waals surface area contributed by atoms with Gasteiger partial charge in [-0.15, -0.1) is 0 Å². The molecular formula is C23H17ClN2O3. The Balaban J connectivity index is 1.63. The number of carbonyl (C=O) groups excluding carboxylic acids is 1. The van der Waals surface area contributed by atoms with Crippen LogP contribution in [0.3, 0.4) is 0 Å². The lowest BCUT2D eigenvalue weighted by atomic mass is 10.0. The van der Waals surface area contributed by atoms with Gasteiger partial charge < -0.3 is 9.84 Å². The van der Waals surface area contributed by atoms with Gasteiger partial charge in [0.2, 0.25) is 0 Å². The maximum atomic E-state index is 10.9. The number of hydrogen-bond donors (Lipinski definition) is 1. The van der Waals surface area contributed by atoms with Gasteiger partial charge in [-0.1, -0.05) is 41.9 Å². The van der Waals surface area contributed by atoms with Gasteiger partial charge in [0.05, 0.1) is 33.5 Å². The van der Waals surface area contributed by atoms with Crippen LogP contribution in [0.4, 0.5) is 0 Å². The highest BCUT2D eigenvalue weighted by Crippen LogP contribution is 2.32. The number of nitrogens with zero attached hydrogens (tertiary/aromatic N) is 2. The first kappa shape index (κ1) is 18.9. The number of hydrogen-bond acceptors (Lipinski definition) is 5. The molecule has 0 saturated carbocycles. The number of fused-ring (bicyclic) bond motifs is 1. The van der Waals surface area contributed by atoms with Crippen molar-refractivity contribution in [2.45, 2.75) is 13.5 Å². The van der Waals surface area contributed by atoms with Crippen LogP contribution in [0.1, 0.15) is 21.5 Å². The number of phenols is 1. The van der Waals surface area contributed by atoms with Crippen LogP contribution in [0.15, 0.2) is 60.8 Å². The van der Waals surface area contributed by atoms with Crippen LogP contribution in [0, 0.1) is 6.92 Å². The lowest BCUT2D eigenvalue weighted by Gasteiger charge is -2.14. The van der Waals surface area contributed by atoms with E-state index < -0.39 is 0 Å². The Morgan fingerprint density at radius 1 is 1.10 bits per heavy atom.